The van der Waals surface area contributed by atoms with E-state index in [0.29, 0.717) is 34.4 Å². The number of hydrogen-bond donors (Lipinski definition) is 0. The molecule has 0 saturated carbocycles. The monoisotopic (exact) mass is 273 g/mol. The molecule has 0 fully saturated rings. The molecule has 0 aromatic heterocycles. The van der Waals surface area contributed by atoms with Crippen molar-refractivity contribution in [2.75, 3.05) is 6.61 Å². The van der Waals surface area contributed by atoms with Crippen molar-refractivity contribution in [3.63, 3.8) is 0 Å². The van der Waals surface area contributed by atoms with Gasteiger partial charge in [-0.1, -0.05) is 23.7 Å². The predicted octanol–water partition coefficient (Wildman–Crippen LogP) is 4.40. The third-order valence-corrected chi connectivity index (χ3v) is 2.67. The second-order valence-corrected chi connectivity index (χ2v) is 4.17. The van der Waals surface area contributed by atoms with Gasteiger partial charge in [0, 0.05) is 11.1 Å². The Bertz CT molecular complexity index is 620. The fraction of sp³-hybridized carbons (Fsp3) is 0.133. The maximum Gasteiger partial charge on any atom is 0.169 e. The highest BCUT2D eigenvalue weighted by atomic mass is 35.5. The number of nitrogens with zero attached hydrogens (tertiary/aromatic N) is 1. The van der Waals surface area contributed by atoms with Gasteiger partial charge in [-0.05, 0) is 31.2 Å². The van der Waals surface area contributed by atoms with Gasteiger partial charge in [0.2, 0.25) is 0 Å². The molecule has 0 amide bonds. The molecule has 2 rings (SSSR count). The van der Waals surface area contributed by atoms with Gasteiger partial charge in [-0.2, -0.15) is 5.26 Å². The largest absolute Gasteiger partial charge is 0.490 e. The number of para-hydroxylation sites is 2. The Hall–Kier alpha value is -2.18. The molecule has 2 aromatic carbocycles. The van der Waals surface area contributed by atoms with Gasteiger partial charge >= 0.3 is 0 Å². The van der Waals surface area contributed by atoms with Crippen LogP contribution in [-0.2, 0) is 0 Å². The third-order valence-electron chi connectivity index (χ3n) is 2.43. The van der Waals surface area contributed by atoms with Crippen LogP contribution in [0.15, 0.2) is 42.5 Å². The zero-order chi connectivity index (χ0) is 13.7. The summed E-state index contributed by atoms with van der Waals surface area (Å²) in [6.07, 6.45) is 0. The molecule has 0 bridgehead atoms. The Morgan fingerprint density at radius 1 is 1.11 bits per heavy atom. The lowest BCUT2D eigenvalue weighted by molar-refractivity contribution is 0.321. The van der Waals surface area contributed by atoms with Crippen LogP contribution in [0.1, 0.15) is 12.5 Å². The first-order chi connectivity index (χ1) is 9.24. The van der Waals surface area contributed by atoms with Crippen molar-refractivity contribution in [1.29, 1.82) is 5.26 Å². The maximum atomic E-state index is 9.06. The number of hydrogen-bond acceptors (Lipinski definition) is 3. The SMILES string of the molecule is CCOc1ccccc1Oc1cc(Cl)ccc1C#N. The molecule has 0 atom stereocenters. The summed E-state index contributed by atoms with van der Waals surface area (Å²) in [5, 5.41) is 9.57. The number of nitriles is 1. The van der Waals surface area contributed by atoms with E-state index < -0.39 is 0 Å². The van der Waals surface area contributed by atoms with Crippen molar-refractivity contribution in [3.05, 3.63) is 53.1 Å². The highest BCUT2D eigenvalue weighted by Crippen LogP contribution is 2.34. The predicted molar refractivity (Wildman–Crippen MR) is 73.9 cm³/mol. The van der Waals surface area contributed by atoms with E-state index in [1.165, 1.54) is 0 Å². The van der Waals surface area contributed by atoms with E-state index in [1.54, 1.807) is 24.3 Å². The average Bonchev–Trinajstić information content (AvgIpc) is 2.42. The zero-order valence-electron chi connectivity index (χ0n) is 10.4. The molecule has 0 aliphatic heterocycles. The molecule has 0 saturated heterocycles. The van der Waals surface area contributed by atoms with Crippen LogP contribution >= 0.6 is 11.6 Å². The molecule has 0 unspecified atom stereocenters. The molecule has 3 nitrogen and oxygen atoms in total. The highest BCUT2D eigenvalue weighted by Gasteiger charge is 2.09. The molecule has 0 aliphatic rings. The van der Waals surface area contributed by atoms with Crippen LogP contribution in [0.4, 0.5) is 0 Å². The molecule has 2 aromatic rings. The maximum absolute atomic E-state index is 9.06. The summed E-state index contributed by atoms with van der Waals surface area (Å²) in [6.45, 7) is 2.44. The molecule has 4 heteroatoms. The molecule has 0 aliphatic carbocycles. The number of rotatable bonds is 4. The second kappa shape index (κ2) is 6.12. The first kappa shape index (κ1) is 13.3. The fourth-order valence-corrected chi connectivity index (χ4v) is 1.76. The van der Waals surface area contributed by atoms with Gasteiger partial charge in [0.1, 0.15) is 11.8 Å². The number of ether oxygens (including phenoxy) is 2. The standard InChI is InChI=1S/C15H12ClNO2/c1-2-18-13-5-3-4-6-14(13)19-15-9-12(16)8-7-11(15)10-17/h3-9H,2H2,1H3. The minimum atomic E-state index is 0.419. The van der Waals surface area contributed by atoms with E-state index in [0.717, 1.165) is 0 Å². The molecule has 0 heterocycles. The molecule has 19 heavy (non-hydrogen) atoms. The Kier molecular flexibility index (Phi) is 4.27. The van der Waals surface area contributed by atoms with Crippen molar-refractivity contribution < 1.29 is 9.47 Å². The van der Waals surface area contributed by atoms with Gasteiger partial charge in [-0.3, -0.25) is 0 Å². The Morgan fingerprint density at radius 3 is 2.53 bits per heavy atom. The smallest absolute Gasteiger partial charge is 0.169 e. The average molecular weight is 274 g/mol. The highest BCUT2D eigenvalue weighted by molar-refractivity contribution is 6.30. The van der Waals surface area contributed by atoms with Crippen LogP contribution in [0.25, 0.3) is 0 Å². The van der Waals surface area contributed by atoms with Gasteiger partial charge < -0.3 is 9.47 Å². The Balaban J connectivity index is 2.36. The van der Waals surface area contributed by atoms with E-state index in [1.807, 2.05) is 25.1 Å². The van der Waals surface area contributed by atoms with Gasteiger partial charge in [0.05, 0.1) is 12.2 Å². The summed E-state index contributed by atoms with van der Waals surface area (Å²) in [6, 6.07) is 14.3. The first-order valence-electron chi connectivity index (χ1n) is 5.84. The molecular formula is C15H12ClNO2. The van der Waals surface area contributed by atoms with Crippen molar-refractivity contribution in [2.24, 2.45) is 0 Å². The van der Waals surface area contributed by atoms with Crippen molar-refractivity contribution in [3.8, 4) is 23.3 Å². The Morgan fingerprint density at radius 2 is 1.84 bits per heavy atom. The molecule has 0 spiro atoms. The molecule has 0 N–H and O–H groups in total. The fourth-order valence-electron chi connectivity index (χ4n) is 1.60. The minimum Gasteiger partial charge on any atom is -0.490 e. The number of benzene rings is 2. The lowest BCUT2D eigenvalue weighted by Crippen LogP contribution is -1.95. The van der Waals surface area contributed by atoms with Crippen molar-refractivity contribution in [2.45, 2.75) is 6.92 Å². The van der Waals surface area contributed by atoms with Crippen molar-refractivity contribution in [1.82, 2.24) is 0 Å². The van der Waals surface area contributed by atoms with E-state index >= 15 is 0 Å². The lowest BCUT2D eigenvalue weighted by atomic mass is 10.2. The van der Waals surface area contributed by atoms with Crippen LogP contribution in [0, 0.1) is 11.3 Å². The van der Waals surface area contributed by atoms with Crippen LogP contribution in [0.2, 0.25) is 5.02 Å². The van der Waals surface area contributed by atoms with Gasteiger partial charge in [-0.15, -0.1) is 0 Å². The molecule has 0 radical (unpaired) electrons. The summed E-state index contributed by atoms with van der Waals surface area (Å²) in [5.74, 6) is 1.61. The van der Waals surface area contributed by atoms with E-state index in [-0.39, 0.29) is 0 Å². The van der Waals surface area contributed by atoms with E-state index in [4.69, 9.17) is 26.3 Å². The van der Waals surface area contributed by atoms with Gasteiger partial charge in [0.25, 0.3) is 0 Å². The van der Waals surface area contributed by atoms with Crippen molar-refractivity contribution >= 4 is 11.6 Å². The first-order valence-corrected chi connectivity index (χ1v) is 6.21. The van der Waals surface area contributed by atoms with Crippen LogP contribution in [0.5, 0.6) is 17.2 Å². The molecular weight excluding hydrogens is 262 g/mol. The summed E-state index contributed by atoms with van der Waals surface area (Å²) in [7, 11) is 0. The van der Waals surface area contributed by atoms with Crippen LogP contribution in [-0.4, -0.2) is 6.61 Å². The van der Waals surface area contributed by atoms with E-state index in [9.17, 15) is 0 Å². The lowest BCUT2D eigenvalue weighted by Gasteiger charge is -2.12. The minimum absolute atomic E-state index is 0.419. The summed E-state index contributed by atoms with van der Waals surface area (Å²) < 4.78 is 11.2. The van der Waals surface area contributed by atoms with Crippen LogP contribution < -0.4 is 9.47 Å². The quantitative estimate of drug-likeness (QED) is 0.829. The summed E-state index contributed by atoms with van der Waals surface area (Å²) in [4.78, 5) is 0. The molecule has 96 valence electrons. The summed E-state index contributed by atoms with van der Waals surface area (Å²) >= 11 is 5.92. The van der Waals surface area contributed by atoms with Gasteiger partial charge in [-0.25, -0.2) is 0 Å². The topological polar surface area (TPSA) is 42.2 Å². The normalized spacial score (nSPS) is 9.74. The second-order valence-electron chi connectivity index (χ2n) is 3.73. The third kappa shape index (κ3) is 3.18. The summed E-state index contributed by atoms with van der Waals surface area (Å²) in [5.41, 5.74) is 0.427. The Labute approximate surface area is 117 Å². The number of halogens is 1. The van der Waals surface area contributed by atoms with Crippen LogP contribution in [0.3, 0.4) is 0 Å². The van der Waals surface area contributed by atoms with Gasteiger partial charge in [0.15, 0.2) is 11.5 Å². The van der Waals surface area contributed by atoms with E-state index in [2.05, 4.69) is 6.07 Å². The zero-order valence-corrected chi connectivity index (χ0v) is 11.1.